The molecule has 0 unspecified atom stereocenters. The van der Waals surface area contributed by atoms with Crippen molar-refractivity contribution in [2.45, 2.75) is 0 Å². The zero-order chi connectivity index (χ0) is 37.6. The Hall–Kier alpha value is -7.82. The van der Waals surface area contributed by atoms with E-state index in [1.165, 1.54) is 92.0 Å². The van der Waals surface area contributed by atoms with Crippen LogP contribution in [0.4, 0.5) is 0 Å². The summed E-state index contributed by atoms with van der Waals surface area (Å²) in [5.74, 6) is 0.661. The molecule has 14 aromatic rings. The van der Waals surface area contributed by atoms with Gasteiger partial charge in [0.1, 0.15) is 0 Å². The molecule has 0 atom stereocenters. The van der Waals surface area contributed by atoms with E-state index in [2.05, 4.69) is 191 Å². The number of fused-ring (bicyclic) bond motifs is 19. The maximum atomic E-state index is 5.59. The van der Waals surface area contributed by atoms with E-state index < -0.39 is 0 Å². The van der Waals surface area contributed by atoms with Crippen molar-refractivity contribution >= 4 is 114 Å². The van der Waals surface area contributed by atoms with E-state index in [9.17, 15) is 0 Å². The first-order chi connectivity index (χ1) is 28.8. The van der Waals surface area contributed by atoms with Crippen molar-refractivity contribution in [2.75, 3.05) is 0 Å². The predicted octanol–water partition coefficient (Wildman–Crippen LogP) is 14.2. The highest BCUT2D eigenvalue weighted by Crippen LogP contribution is 2.47. The molecule has 4 heterocycles. The lowest BCUT2D eigenvalue weighted by Gasteiger charge is -2.14. The Labute approximate surface area is 330 Å². The molecule has 0 aliphatic carbocycles. The molecule has 0 fully saturated rings. The van der Waals surface area contributed by atoms with E-state index >= 15 is 0 Å². The third-order valence-corrected chi connectivity index (χ3v) is 12.8. The standard InChI is InChI=1S/C54H30N4/c1-2-13-33-31(12-1)25-27-47-49(33)51-48(29-28-46-50(51)42-21-11-20-40-39-18-8-10-23-45(39)57(46)53(40)42)58(47)54-55-44-22-9-7-19-41(44)52(56-54)32-24-26-38-36-16-4-3-14-34(36)35-15-5-6-17-37(35)43(38)30-32/h1-30H. The molecule has 266 valence electrons. The van der Waals surface area contributed by atoms with Gasteiger partial charge in [0.15, 0.2) is 0 Å². The molecule has 0 saturated carbocycles. The molecule has 0 aliphatic rings. The van der Waals surface area contributed by atoms with Crippen LogP contribution in [0.3, 0.4) is 0 Å². The second kappa shape index (κ2) is 10.9. The lowest BCUT2D eigenvalue weighted by Crippen LogP contribution is -2.03. The Morgan fingerprint density at radius 2 is 0.897 bits per heavy atom. The van der Waals surface area contributed by atoms with Crippen LogP contribution in [-0.2, 0) is 0 Å². The highest BCUT2D eigenvalue weighted by Gasteiger charge is 2.25. The summed E-state index contributed by atoms with van der Waals surface area (Å²) in [5, 5.41) is 18.5. The van der Waals surface area contributed by atoms with Gasteiger partial charge in [0.25, 0.3) is 0 Å². The Morgan fingerprint density at radius 1 is 0.328 bits per heavy atom. The summed E-state index contributed by atoms with van der Waals surface area (Å²) in [7, 11) is 0. The minimum Gasteiger partial charge on any atom is -0.308 e. The molecule has 0 aliphatic heterocycles. The van der Waals surface area contributed by atoms with Crippen LogP contribution in [0.2, 0.25) is 0 Å². The van der Waals surface area contributed by atoms with Gasteiger partial charge < -0.3 is 4.40 Å². The molecule has 0 bridgehead atoms. The van der Waals surface area contributed by atoms with Crippen molar-refractivity contribution in [2.24, 2.45) is 0 Å². The largest absolute Gasteiger partial charge is 0.308 e. The lowest BCUT2D eigenvalue weighted by atomic mass is 9.92. The Balaban J connectivity index is 1.12. The van der Waals surface area contributed by atoms with Crippen LogP contribution in [0.15, 0.2) is 182 Å². The topological polar surface area (TPSA) is 35.1 Å². The highest BCUT2D eigenvalue weighted by atomic mass is 15.2. The highest BCUT2D eigenvalue weighted by molar-refractivity contribution is 6.36. The third kappa shape index (κ3) is 3.79. The number of hydrogen-bond donors (Lipinski definition) is 0. The van der Waals surface area contributed by atoms with Crippen molar-refractivity contribution in [3.8, 4) is 17.2 Å². The Kier molecular flexibility index (Phi) is 5.73. The monoisotopic (exact) mass is 734 g/mol. The summed E-state index contributed by atoms with van der Waals surface area (Å²) in [6, 6.07) is 66.3. The lowest BCUT2D eigenvalue weighted by molar-refractivity contribution is 1.01. The maximum absolute atomic E-state index is 5.59. The molecule has 0 N–H and O–H groups in total. The van der Waals surface area contributed by atoms with Gasteiger partial charge in [-0.3, -0.25) is 4.57 Å². The number of benzene rings is 10. The molecule has 10 aromatic carbocycles. The number of aromatic nitrogens is 4. The molecule has 0 radical (unpaired) electrons. The van der Waals surface area contributed by atoms with Crippen molar-refractivity contribution in [3.05, 3.63) is 182 Å². The molecule has 0 saturated heterocycles. The first-order valence-electron chi connectivity index (χ1n) is 19.9. The number of rotatable bonds is 2. The quantitative estimate of drug-likeness (QED) is 0.166. The second-order valence-electron chi connectivity index (χ2n) is 15.7. The Bertz CT molecular complexity index is 4060. The van der Waals surface area contributed by atoms with Crippen LogP contribution in [-0.4, -0.2) is 18.9 Å². The van der Waals surface area contributed by atoms with E-state index in [0.717, 1.165) is 33.2 Å². The minimum atomic E-state index is 0.661. The molecule has 14 rings (SSSR count). The van der Waals surface area contributed by atoms with E-state index in [0.29, 0.717) is 5.95 Å². The predicted molar refractivity (Wildman–Crippen MR) is 244 cm³/mol. The van der Waals surface area contributed by atoms with Crippen molar-refractivity contribution in [1.29, 1.82) is 0 Å². The van der Waals surface area contributed by atoms with Crippen LogP contribution < -0.4 is 0 Å². The van der Waals surface area contributed by atoms with Crippen LogP contribution in [0.5, 0.6) is 0 Å². The van der Waals surface area contributed by atoms with Crippen molar-refractivity contribution in [3.63, 3.8) is 0 Å². The normalized spacial score (nSPS) is 12.5. The van der Waals surface area contributed by atoms with Gasteiger partial charge in [0.05, 0.1) is 38.8 Å². The third-order valence-electron chi connectivity index (χ3n) is 12.8. The molecular weight excluding hydrogens is 705 g/mol. The van der Waals surface area contributed by atoms with E-state index in [-0.39, 0.29) is 0 Å². The number of para-hydroxylation sites is 3. The molecule has 0 spiro atoms. The van der Waals surface area contributed by atoms with E-state index in [1.54, 1.807) is 0 Å². The zero-order valence-electron chi connectivity index (χ0n) is 31.1. The van der Waals surface area contributed by atoms with Gasteiger partial charge in [0, 0.05) is 43.3 Å². The van der Waals surface area contributed by atoms with Gasteiger partial charge in [-0.05, 0) is 79.5 Å². The fourth-order valence-corrected chi connectivity index (χ4v) is 10.4. The molecule has 4 heteroatoms. The van der Waals surface area contributed by atoms with Gasteiger partial charge >= 0.3 is 0 Å². The molecule has 58 heavy (non-hydrogen) atoms. The summed E-state index contributed by atoms with van der Waals surface area (Å²) < 4.78 is 4.78. The average molecular weight is 735 g/mol. The smallest absolute Gasteiger partial charge is 0.235 e. The van der Waals surface area contributed by atoms with Gasteiger partial charge in [-0.15, -0.1) is 0 Å². The summed E-state index contributed by atoms with van der Waals surface area (Å²) in [6.45, 7) is 0. The summed E-state index contributed by atoms with van der Waals surface area (Å²) in [5.41, 5.74) is 8.80. The van der Waals surface area contributed by atoms with E-state index in [4.69, 9.17) is 9.97 Å². The van der Waals surface area contributed by atoms with Gasteiger partial charge in [-0.1, -0.05) is 146 Å². The van der Waals surface area contributed by atoms with Crippen LogP contribution in [0.25, 0.3) is 131 Å². The van der Waals surface area contributed by atoms with Gasteiger partial charge in [-0.2, -0.15) is 0 Å². The molecule has 4 nitrogen and oxygen atoms in total. The summed E-state index contributed by atoms with van der Waals surface area (Å²) >= 11 is 0. The first kappa shape index (κ1) is 30.4. The zero-order valence-corrected chi connectivity index (χ0v) is 31.1. The molecule has 0 amide bonds. The number of hydrogen-bond acceptors (Lipinski definition) is 2. The van der Waals surface area contributed by atoms with E-state index in [1.807, 2.05) is 0 Å². The summed E-state index contributed by atoms with van der Waals surface area (Å²) in [4.78, 5) is 11.0. The maximum Gasteiger partial charge on any atom is 0.235 e. The van der Waals surface area contributed by atoms with Crippen molar-refractivity contribution < 1.29 is 0 Å². The minimum absolute atomic E-state index is 0.661. The second-order valence-corrected chi connectivity index (χ2v) is 15.7. The van der Waals surface area contributed by atoms with Crippen molar-refractivity contribution in [1.82, 2.24) is 18.9 Å². The fraction of sp³-hybridized carbons (Fsp3) is 0. The fourth-order valence-electron chi connectivity index (χ4n) is 10.4. The molecule has 4 aromatic heterocycles. The van der Waals surface area contributed by atoms with Gasteiger partial charge in [0.2, 0.25) is 5.95 Å². The molecular formula is C54H30N4. The number of nitrogens with zero attached hydrogens (tertiary/aromatic N) is 4. The Morgan fingerprint density at radius 3 is 1.71 bits per heavy atom. The van der Waals surface area contributed by atoms with Crippen LogP contribution in [0, 0.1) is 0 Å². The SMILES string of the molecule is c1ccc2c(c1)ccc1c2c2c3c4cccc5c6ccccc6n(c3ccc2n1-c1nc(-c2ccc3c6ccccc6c6ccccc6c3c2)c2ccccc2n1)c54. The van der Waals surface area contributed by atoms with Gasteiger partial charge in [-0.25, -0.2) is 9.97 Å². The first-order valence-corrected chi connectivity index (χ1v) is 19.9. The average Bonchev–Trinajstić information content (AvgIpc) is 3.94. The van der Waals surface area contributed by atoms with Crippen LogP contribution >= 0.6 is 0 Å². The van der Waals surface area contributed by atoms with Crippen LogP contribution in [0.1, 0.15) is 0 Å². The summed E-state index contributed by atoms with van der Waals surface area (Å²) in [6.07, 6.45) is 0.